The SMILES string of the molecule is CCN1CCN(C2=c3ccccc3=Nc3ccc(Cl)cc3N2)CC1. The van der Waals surface area contributed by atoms with E-state index < -0.39 is 0 Å². The van der Waals surface area contributed by atoms with E-state index in [4.69, 9.17) is 16.6 Å². The molecule has 0 bridgehead atoms. The summed E-state index contributed by atoms with van der Waals surface area (Å²) in [6, 6.07) is 14.1. The van der Waals surface area contributed by atoms with Crippen LogP contribution in [0.1, 0.15) is 6.92 Å². The predicted molar refractivity (Wildman–Crippen MR) is 99.1 cm³/mol. The maximum atomic E-state index is 6.20. The van der Waals surface area contributed by atoms with Crippen LogP contribution < -0.4 is 15.9 Å². The molecule has 1 saturated heterocycles. The quantitative estimate of drug-likeness (QED) is 0.911. The first-order valence-electron chi connectivity index (χ1n) is 8.46. The van der Waals surface area contributed by atoms with Gasteiger partial charge >= 0.3 is 0 Å². The van der Waals surface area contributed by atoms with Gasteiger partial charge in [0.2, 0.25) is 0 Å². The van der Waals surface area contributed by atoms with Gasteiger partial charge in [-0.1, -0.05) is 30.7 Å². The minimum atomic E-state index is 0.720. The lowest BCUT2D eigenvalue weighted by atomic mass is 10.2. The second-order valence-electron chi connectivity index (χ2n) is 6.19. The van der Waals surface area contributed by atoms with Crippen molar-refractivity contribution in [2.75, 3.05) is 38.0 Å². The Bertz CT molecular complexity index is 869. The van der Waals surface area contributed by atoms with Crippen LogP contribution in [-0.4, -0.2) is 42.5 Å². The maximum absolute atomic E-state index is 6.20. The highest BCUT2D eigenvalue weighted by atomic mass is 35.5. The van der Waals surface area contributed by atoms with E-state index in [2.05, 4.69) is 40.2 Å². The van der Waals surface area contributed by atoms with Gasteiger partial charge in [-0.25, -0.2) is 4.99 Å². The summed E-state index contributed by atoms with van der Waals surface area (Å²) in [5.74, 6) is 1.13. The smallest absolute Gasteiger partial charge is 0.116 e. The molecule has 1 N–H and O–H groups in total. The molecule has 1 fully saturated rings. The van der Waals surface area contributed by atoms with Crippen LogP contribution >= 0.6 is 11.6 Å². The summed E-state index contributed by atoms with van der Waals surface area (Å²) in [5.41, 5.74) is 1.89. The van der Waals surface area contributed by atoms with Crippen LogP contribution in [0.15, 0.2) is 47.5 Å². The van der Waals surface area contributed by atoms with Crippen LogP contribution in [0.4, 0.5) is 11.4 Å². The Labute approximate surface area is 147 Å². The largest absolute Gasteiger partial charge is 0.355 e. The molecule has 2 aromatic carbocycles. The van der Waals surface area contributed by atoms with Crippen LogP contribution in [0.25, 0.3) is 5.82 Å². The molecule has 124 valence electrons. The molecule has 2 aliphatic heterocycles. The van der Waals surface area contributed by atoms with Crippen molar-refractivity contribution in [1.82, 2.24) is 9.80 Å². The molecule has 0 radical (unpaired) electrons. The Morgan fingerprint density at radius 2 is 1.88 bits per heavy atom. The normalized spacial score (nSPS) is 17.4. The summed E-state index contributed by atoms with van der Waals surface area (Å²) in [6.45, 7) is 7.54. The monoisotopic (exact) mass is 340 g/mol. The van der Waals surface area contributed by atoms with Crippen molar-refractivity contribution < 1.29 is 0 Å². The minimum absolute atomic E-state index is 0.720. The number of nitrogens with one attached hydrogen (secondary N) is 1. The summed E-state index contributed by atoms with van der Waals surface area (Å²) in [6.07, 6.45) is 0. The number of fused-ring (bicyclic) bond motifs is 2. The molecule has 4 rings (SSSR count). The predicted octanol–water partition coefficient (Wildman–Crippen LogP) is 2.42. The molecule has 0 aromatic heterocycles. The molecule has 0 aliphatic carbocycles. The number of rotatable bonds is 2. The average molecular weight is 341 g/mol. The maximum Gasteiger partial charge on any atom is 0.116 e. The molecule has 0 saturated carbocycles. The van der Waals surface area contributed by atoms with Gasteiger partial charge in [-0.2, -0.15) is 0 Å². The lowest BCUT2D eigenvalue weighted by molar-refractivity contribution is 0.182. The van der Waals surface area contributed by atoms with Gasteiger partial charge in [-0.3, -0.25) is 0 Å². The molecular weight excluding hydrogens is 320 g/mol. The third-order valence-corrected chi connectivity index (χ3v) is 4.98. The number of anilines is 1. The van der Waals surface area contributed by atoms with Gasteiger partial charge in [0.15, 0.2) is 0 Å². The number of likely N-dealkylation sites (N-methyl/N-ethyl adjacent to an activating group) is 1. The standard InChI is InChI=1S/C19H21ClN4/c1-2-23-9-11-24(12-10-23)19-15-5-3-4-6-16(15)21-17-8-7-14(20)13-18(17)22-19/h3-8,13,22H,2,9-12H2,1H3. The topological polar surface area (TPSA) is 30.9 Å². The first-order chi connectivity index (χ1) is 11.7. The van der Waals surface area contributed by atoms with Crippen molar-refractivity contribution >= 4 is 28.8 Å². The van der Waals surface area contributed by atoms with E-state index in [1.54, 1.807) is 0 Å². The molecule has 4 nitrogen and oxygen atoms in total. The fourth-order valence-corrected chi connectivity index (χ4v) is 3.51. The zero-order valence-electron chi connectivity index (χ0n) is 13.8. The van der Waals surface area contributed by atoms with Crippen LogP contribution in [0.5, 0.6) is 0 Å². The Kier molecular flexibility index (Phi) is 4.17. The van der Waals surface area contributed by atoms with Crippen molar-refractivity contribution in [2.24, 2.45) is 4.99 Å². The van der Waals surface area contributed by atoms with E-state index >= 15 is 0 Å². The zero-order valence-corrected chi connectivity index (χ0v) is 14.6. The van der Waals surface area contributed by atoms with E-state index in [9.17, 15) is 0 Å². The molecule has 5 heteroatoms. The summed E-state index contributed by atoms with van der Waals surface area (Å²) in [7, 11) is 0. The number of benzene rings is 2. The van der Waals surface area contributed by atoms with E-state index in [-0.39, 0.29) is 0 Å². The van der Waals surface area contributed by atoms with Gasteiger partial charge in [-0.05, 0) is 36.9 Å². The van der Waals surface area contributed by atoms with Crippen LogP contribution in [0, 0.1) is 0 Å². The molecule has 2 aliphatic rings. The Hall–Kier alpha value is -2.04. The molecule has 0 spiro atoms. The van der Waals surface area contributed by atoms with Crippen molar-refractivity contribution in [2.45, 2.75) is 6.92 Å². The van der Waals surface area contributed by atoms with Crippen molar-refractivity contribution in [3.05, 3.63) is 58.1 Å². The van der Waals surface area contributed by atoms with Gasteiger partial charge in [0, 0.05) is 36.4 Å². The van der Waals surface area contributed by atoms with Crippen molar-refractivity contribution in [3.63, 3.8) is 0 Å². The fourth-order valence-electron chi connectivity index (χ4n) is 3.34. The van der Waals surface area contributed by atoms with E-state index in [1.807, 2.05) is 24.3 Å². The lowest BCUT2D eigenvalue weighted by Gasteiger charge is -2.37. The summed E-state index contributed by atoms with van der Waals surface area (Å²) < 4.78 is 0. The third kappa shape index (κ3) is 2.87. The Balaban J connectivity index is 1.82. The number of piperazine rings is 1. The van der Waals surface area contributed by atoms with Gasteiger partial charge in [0.1, 0.15) is 5.82 Å². The third-order valence-electron chi connectivity index (χ3n) is 4.75. The summed E-state index contributed by atoms with van der Waals surface area (Å²) in [5, 5.41) is 6.47. The van der Waals surface area contributed by atoms with Crippen LogP contribution in [0.2, 0.25) is 5.02 Å². The first-order valence-corrected chi connectivity index (χ1v) is 8.84. The summed E-state index contributed by atoms with van der Waals surface area (Å²) >= 11 is 6.20. The van der Waals surface area contributed by atoms with Crippen LogP contribution in [-0.2, 0) is 0 Å². The zero-order chi connectivity index (χ0) is 16.5. The molecule has 2 aromatic rings. The number of halogens is 1. The summed E-state index contributed by atoms with van der Waals surface area (Å²) in [4.78, 5) is 9.75. The van der Waals surface area contributed by atoms with Gasteiger partial charge in [0.05, 0.1) is 16.7 Å². The highest BCUT2D eigenvalue weighted by Crippen LogP contribution is 2.30. The second kappa shape index (κ2) is 6.46. The minimum Gasteiger partial charge on any atom is -0.355 e. The number of hydrogen-bond donors (Lipinski definition) is 1. The highest BCUT2D eigenvalue weighted by molar-refractivity contribution is 6.31. The molecule has 2 heterocycles. The second-order valence-corrected chi connectivity index (χ2v) is 6.62. The number of hydrogen-bond acceptors (Lipinski definition) is 4. The van der Waals surface area contributed by atoms with Crippen molar-refractivity contribution in [3.8, 4) is 0 Å². The Morgan fingerprint density at radius 1 is 1.08 bits per heavy atom. The highest BCUT2D eigenvalue weighted by Gasteiger charge is 2.20. The van der Waals surface area contributed by atoms with E-state index in [0.29, 0.717) is 0 Å². The molecule has 0 atom stereocenters. The van der Waals surface area contributed by atoms with Gasteiger partial charge < -0.3 is 15.1 Å². The number of nitrogens with zero attached hydrogens (tertiary/aromatic N) is 3. The lowest BCUT2D eigenvalue weighted by Crippen LogP contribution is -2.48. The average Bonchev–Trinajstić information content (AvgIpc) is 2.78. The van der Waals surface area contributed by atoms with E-state index in [0.717, 1.165) is 65.5 Å². The van der Waals surface area contributed by atoms with Gasteiger partial charge in [0.25, 0.3) is 0 Å². The van der Waals surface area contributed by atoms with Crippen molar-refractivity contribution in [1.29, 1.82) is 0 Å². The van der Waals surface area contributed by atoms with Gasteiger partial charge in [-0.15, -0.1) is 0 Å². The fraction of sp³-hybridized carbons (Fsp3) is 0.316. The number of para-hydroxylation sites is 1. The Morgan fingerprint density at radius 3 is 2.67 bits per heavy atom. The van der Waals surface area contributed by atoms with E-state index in [1.165, 1.54) is 0 Å². The molecule has 0 amide bonds. The molecule has 24 heavy (non-hydrogen) atoms. The molecule has 0 unspecified atom stereocenters. The molecular formula is C19H21ClN4. The first kappa shape index (κ1) is 15.5. The van der Waals surface area contributed by atoms with Crippen LogP contribution in [0.3, 0.4) is 0 Å².